The fourth-order valence-electron chi connectivity index (χ4n) is 3.32. The maximum absolute atomic E-state index is 13.8. The van der Waals surface area contributed by atoms with E-state index in [0.717, 1.165) is 9.13 Å². The molecule has 154 valence electrons. The molecule has 9 nitrogen and oxygen atoms in total. The number of amides is 1. The van der Waals surface area contributed by atoms with Crippen LogP contribution in [0.1, 0.15) is 20.7 Å². The molecule has 0 spiro atoms. The van der Waals surface area contributed by atoms with Gasteiger partial charge in [0.15, 0.2) is 5.78 Å². The zero-order chi connectivity index (χ0) is 21.3. The molecule has 0 unspecified atom stereocenters. The van der Waals surface area contributed by atoms with Crippen LogP contribution in [-0.4, -0.2) is 63.3 Å². The summed E-state index contributed by atoms with van der Waals surface area (Å²) in [6.45, 7) is 1.34. The monoisotopic (exact) mass is 403 g/mol. The van der Waals surface area contributed by atoms with Gasteiger partial charge in [-0.25, -0.2) is 9.18 Å². The highest BCUT2D eigenvalue weighted by atomic mass is 19.1. The molecule has 2 heterocycles. The number of rotatable bonds is 4. The van der Waals surface area contributed by atoms with Crippen LogP contribution in [0.3, 0.4) is 0 Å². The van der Waals surface area contributed by atoms with Gasteiger partial charge in [0.05, 0.1) is 12.1 Å². The van der Waals surface area contributed by atoms with Gasteiger partial charge >= 0.3 is 5.69 Å². The van der Waals surface area contributed by atoms with Crippen molar-refractivity contribution in [3.63, 3.8) is 0 Å². The van der Waals surface area contributed by atoms with Crippen molar-refractivity contribution in [3.05, 3.63) is 62.0 Å². The molecule has 1 aliphatic rings. The lowest BCUT2D eigenvalue weighted by molar-refractivity contribution is 0.0620. The van der Waals surface area contributed by atoms with Crippen LogP contribution in [0.4, 0.5) is 10.2 Å². The van der Waals surface area contributed by atoms with E-state index >= 15 is 0 Å². The Morgan fingerprint density at radius 3 is 2.28 bits per heavy atom. The number of hydrogen-bond acceptors (Lipinski definition) is 6. The van der Waals surface area contributed by atoms with E-state index in [-0.39, 0.29) is 23.5 Å². The highest BCUT2D eigenvalue weighted by molar-refractivity contribution is 6.01. The molecule has 3 rings (SSSR count). The minimum atomic E-state index is -0.732. The van der Waals surface area contributed by atoms with E-state index in [2.05, 4.69) is 0 Å². The first-order valence-corrected chi connectivity index (χ1v) is 9.07. The fourth-order valence-corrected chi connectivity index (χ4v) is 3.32. The van der Waals surface area contributed by atoms with Crippen LogP contribution >= 0.6 is 0 Å². The maximum atomic E-state index is 13.8. The highest BCUT2D eigenvalue weighted by Gasteiger charge is 2.27. The number of carbonyl (C=O) groups excluding carboxylic acids is 2. The molecule has 29 heavy (non-hydrogen) atoms. The summed E-state index contributed by atoms with van der Waals surface area (Å²) in [4.78, 5) is 52.7. The topological polar surface area (TPSA) is 111 Å². The number of benzene rings is 1. The van der Waals surface area contributed by atoms with Crippen molar-refractivity contribution in [2.24, 2.45) is 14.1 Å². The predicted octanol–water partition coefficient (Wildman–Crippen LogP) is -0.554. The van der Waals surface area contributed by atoms with Crippen LogP contribution in [0.2, 0.25) is 0 Å². The number of carbonyl (C=O) groups is 2. The molecule has 2 aromatic rings. The van der Waals surface area contributed by atoms with Gasteiger partial charge in [-0.1, -0.05) is 12.1 Å². The highest BCUT2D eigenvalue weighted by Crippen LogP contribution is 2.13. The molecular formula is C19H22FN5O4. The Labute approximate surface area is 165 Å². The zero-order valence-electron chi connectivity index (χ0n) is 16.2. The first-order valence-electron chi connectivity index (χ1n) is 9.07. The molecule has 1 aliphatic heterocycles. The van der Waals surface area contributed by atoms with Crippen molar-refractivity contribution >= 4 is 17.5 Å². The number of anilines is 1. The summed E-state index contributed by atoms with van der Waals surface area (Å²) >= 11 is 0. The first-order chi connectivity index (χ1) is 13.7. The van der Waals surface area contributed by atoms with Crippen molar-refractivity contribution in [2.45, 2.75) is 0 Å². The number of nitrogens with two attached hydrogens (primary N) is 1. The number of nitrogens with zero attached hydrogens (tertiary/aromatic N) is 4. The fraction of sp³-hybridized carbons (Fsp3) is 0.368. The van der Waals surface area contributed by atoms with E-state index in [0.29, 0.717) is 26.2 Å². The molecule has 0 aliphatic carbocycles. The van der Waals surface area contributed by atoms with Crippen molar-refractivity contribution in [2.75, 3.05) is 38.5 Å². The molecular weight excluding hydrogens is 381 g/mol. The normalized spacial score (nSPS) is 14.8. The standard InChI is InChI=1S/C19H22FN5O4/c1-22-16(21)15(18(28)23(2)19(22)29)14(26)11-24-7-9-25(10-8-24)17(27)12-5-3-4-6-13(12)20/h3-6H,7-11,21H2,1-2H3. The van der Waals surface area contributed by atoms with Crippen LogP contribution < -0.4 is 17.0 Å². The maximum Gasteiger partial charge on any atom is 0.332 e. The molecule has 1 aromatic heterocycles. The predicted molar refractivity (Wildman–Crippen MR) is 104 cm³/mol. The van der Waals surface area contributed by atoms with E-state index in [9.17, 15) is 23.6 Å². The van der Waals surface area contributed by atoms with Crippen molar-refractivity contribution in [1.29, 1.82) is 0 Å². The van der Waals surface area contributed by atoms with E-state index in [1.807, 2.05) is 0 Å². The van der Waals surface area contributed by atoms with Gasteiger partial charge in [0.25, 0.3) is 11.5 Å². The summed E-state index contributed by atoms with van der Waals surface area (Å²) in [6, 6.07) is 5.79. The molecule has 0 atom stereocenters. The Hall–Kier alpha value is -3.27. The van der Waals surface area contributed by atoms with Gasteiger partial charge in [-0.2, -0.15) is 0 Å². The lowest BCUT2D eigenvalue weighted by Gasteiger charge is -2.34. The molecule has 10 heteroatoms. The number of halogens is 1. The Kier molecular flexibility index (Phi) is 5.64. The molecule has 0 saturated carbocycles. The van der Waals surface area contributed by atoms with Gasteiger partial charge in [0, 0.05) is 40.3 Å². The molecule has 0 bridgehead atoms. The lowest BCUT2D eigenvalue weighted by atomic mass is 10.1. The third kappa shape index (κ3) is 3.83. The minimum absolute atomic E-state index is 0.0125. The number of aromatic nitrogens is 2. The van der Waals surface area contributed by atoms with Crippen LogP contribution in [0.15, 0.2) is 33.9 Å². The number of hydrogen-bond donors (Lipinski definition) is 1. The quantitative estimate of drug-likeness (QED) is 0.686. The van der Waals surface area contributed by atoms with Gasteiger partial charge in [-0.15, -0.1) is 0 Å². The minimum Gasteiger partial charge on any atom is -0.384 e. The second-order valence-corrected chi connectivity index (χ2v) is 6.94. The number of ketones is 1. The Morgan fingerprint density at radius 2 is 1.66 bits per heavy atom. The number of nitrogen functional groups attached to an aromatic ring is 1. The summed E-state index contributed by atoms with van der Waals surface area (Å²) in [7, 11) is 2.68. The number of Topliss-reactive ketones (excluding diaryl/α,β-unsaturated/α-hetero) is 1. The summed E-state index contributed by atoms with van der Waals surface area (Å²) in [5.41, 5.74) is 4.27. The van der Waals surface area contributed by atoms with Crippen molar-refractivity contribution < 1.29 is 14.0 Å². The lowest BCUT2D eigenvalue weighted by Crippen LogP contribution is -2.50. The molecule has 1 fully saturated rings. The van der Waals surface area contributed by atoms with Crippen LogP contribution in [0, 0.1) is 5.82 Å². The van der Waals surface area contributed by atoms with E-state index < -0.39 is 28.8 Å². The van der Waals surface area contributed by atoms with Crippen LogP contribution in [0.5, 0.6) is 0 Å². The van der Waals surface area contributed by atoms with Gasteiger partial charge in [-0.3, -0.25) is 28.4 Å². The molecule has 1 saturated heterocycles. The summed E-state index contributed by atoms with van der Waals surface area (Å²) < 4.78 is 15.7. The molecule has 1 amide bonds. The zero-order valence-corrected chi connectivity index (χ0v) is 16.2. The summed E-state index contributed by atoms with van der Waals surface area (Å²) in [6.07, 6.45) is 0. The summed E-state index contributed by atoms with van der Waals surface area (Å²) in [5.74, 6) is -1.63. The Bertz CT molecular complexity index is 1080. The van der Waals surface area contributed by atoms with Crippen LogP contribution in [0.25, 0.3) is 0 Å². The van der Waals surface area contributed by atoms with E-state index in [1.54, 1.807) is 11.0 Å². The average Bonchev–Trinajstić information content (AvgIpc) is 2.71. The van der Waals surface area contributed by atoms with E-state index in [4.69, 9.17) is 5.73 Å². The number of piperazine rings is 1. The van der Waals surface area contributed by atoms with Crippen molar-refractivity contribution in [1.82, 2.24) is 18.9 Å². The van der Waals surface area contributed by atoms with Gasteiger partial charge < -0.3 is 10.6 Å². The van der Waals surface area contributed by atoms with Crippen LogP contribution in [-0.2, 0) is 14.1 Å². The smallest absolute Gasteiger partial charge is 0.332 e. The van der Waals surface area contributed by atoms with E-state index in [1.165, 1.54) is 37.2 Å². The first kappa shape index (κ1) is 20.5. The third-order valence-corrected chi connectivity index (χ3v) is 5.12. The SMILES string of the molecule is Cn1c(N)c(C(=O)CN2CCN(C(=O)c3ccccc3F)CC2)c(=O)n(C)c1=O. The second-order valence-electron chi connectivity index (χ2n) is 6.94. The van der Waals surface area contributed by atoms with Gasteiger partial charge in [-0.05, 0) is 12.1 Å². The van der Waals surface area contributed by atoms with Gasteiger partial charge in [0.2, 0.25) is 0 Å². The third-order valence-electron chi connectivity index (χ3n) is 5.12. The second kappa shape index (κ2) is 8.00. The molecule has 1 aromatic carbocycles. The molecule has 0 radical (unpaired) electrons. The Morgan fingerprint density at radius 1 is 1.03 bits per heavy atom. The average molecular weight is 403 g/mol. The Balaban J connectivity index is 1.68. The van der Waals surface area contributed by atoms with Gasteiger partial charge in [0.1, 0.15) is 17.2 Å². The molecule has 2 N–H and O–H groups in total. The van der Waals surface area contributed by atoms with Crippen molar-refractivity contribution in [3.8, 4) is 0 Å². The summed E-state index contributed by atoms with van der Waals surface area (Å²) in [5, 5.41) is 0. The largest absolute Gasteiger partial charge is 0.384 e.